The fourth-order valence-corrected chi connectivity index (χ4v) is 2.89. The van der Waals surface area contributed by atoms with E-state index in [1.54, 1.807) is 24.5 Å². The zero-order valence-electron chi connectivity index (χ0n) is 10.4. The predicted molar refractivity (Wildman–Crippen MR) is 85.0 cm³/mol. The van der Waals surface area contributed by atoms with Crippen molar-refractivity contribution in [3.63, 3.8) is 0 Å². The molecule has 1 aromatic heterocycles. The van der Waals surface area contributed by atoms with Crippen LogP contribution in [0.1, 0.15) is 17.2 Å². The summed E-state index contributed by atoms with van der Waals surface area (Å²) >= 11 is 9.47. The molecule has 1 unspecified atom stereocenters. The van der Waals surface area contributed by atoms with Crippen LogP contribution >= 0.6 is 27.5 Å². The van der Waals surface area contributed by atoms with Gasteiger partial charge in [0.05, 0.1) is 0 Å². The lowest BCUT2D eigenvalue weighted by molar-refractivity contribution is 0.220. The van der Waals surface area contributed by atoms with Gasteiger partial charge in [0.25, 0.3) is 0 Å². The van der Waals surface area contributed by atoms with Crippen LogP contribution in [0.2, 0.25) is 5.02 Å². The lowest BCUT2D eigenvalue weighted by atomic mass is 9.98. The molecule has 0 spiro atoms. The van der Waals surface area contributed by atoms with E-state index in [1.807, 2.05) is 30.3 Å². The number of fused-ring (bicyclic) bond motifs is 1. The summed E-state index contributed by atoms with van der Waals surface area (Å²) in [5, 5.41) is 13.2. The summed E-state index contributed by atoms with van der Waals surface area (Å²) in [7, 11) is 0. The molecule has 1 N–H and O–H groups in total. The smallest absolute Gasteiger partial charge is 0.107 e. The van der Waals surface area contributed by atoms with Crippen molar-refractivity contribution in [2.45, 2.75) is 6.10 Å². The molecule has 0 saturated carbocycles. The molecular weight excluding hydrogens is 338 g/mol. The number of rotatable bonds is 2. The fourth-order valence-electron chi connectivity index (χ4n) is 2.25. The van der Waals surface area contributed by atoms with Gasteiger partial charge in [-0.2, -0.15) is 0 Å². The molecule has 0 aliphatic heterocycles. The van der Waals surface area contributed by atoms with Crippen LogP contribution in [0, 0.1) is 0 Å². The van der Waals surface area contributed by atoms with Crippen molar-refractivity contribution in [2.75, 3.05) is 0 Å². The Morgan fingerprint density at radius 3 is 2.70 bits per heavy atom. The van der Waals surface area contributed by atoms with E-state index in [0.29, 0.717) is 5.02 Å². The topological polar surface area (TPSA) is 33.1 Å². The van der Waals surface area contributed by atoms with Crippen molar-refractivity contribution in [1.82, 2.24) is 4.98 Å². The first-order valence-corrected chi connectivity index (χ1v) is 7.29. The molecule has 0 amide bonds. The highest BCUT2D eigenvalue weighted by molar-refractivity contribution is 9.10. The van der Waals surface area contributed by atoms with E-state index >= 15 is 0 Å². The molecule has 0 aliphatic rings. The molecule has 1 atom stereocenters. The van der Waals surface area contributed by atoms with Crippen molar-refractivity contribution in [3.8, 4) is 0 Å². The molecule has 0 bridgehead atoms. The molecular formula is C16H11BrClNO. The van der Waals surface area contributed by atoms with E-state index in [4.69, 9.17) is 11.6 Å². The number of aliphatic hydroxyl groups is 1. The standard InChI is InChI=1S/C16H11BrClNO/c17-15-6-5-11(18)7-13(15)16(20)14-9-19-8-10-3-1-2-4-12(10)14/h1-9,16,20H. The SMILES string of the molecule is OC(c1cc(Cl)ccc1Br)c1cncc2ccccc12. The van der Waals surface area contributed by atoms with Gasteiger partial charge in [-0.3, -0.25) is 4.98 Å². The minimum absolute atomic E-state index is 0.593. The molecule has 1 heterocycles. The Hall–Kier alpha value is -1.42. The van der Waals surface area contributed by atoms with E-state index in [-0.39, 0.29) is 0 Å². The quantitative estimate of drug-likeness (QED) is 0.726. The average Bonchev–Trinajstić information content (AvgIpc) is 2.48. The molecule has 0 fully saturated rings. The predicted octanol–water partition coefficient (Wildman–Crippen LogP) is 4.73. The first kappa shape index (κ1) is 13.6. The number of hydrogen-bond acceptors (Lipinski definition) is 2. The van der Waals surface area contributed by atoms with E-state index in [0.717, 1.165) is 26.4 Å². The lowest BCUT2D eigenvalue weighted by Crippen LogP contribution is -2.02. The first-order valence-electron chi connectivity index (χ1n) is 6.12. The molecule has 20 heavy (non-hydrogen) atoms. The van der Waals surface area contributed by atoms with Gasteiger partial charge >= 0.3 is 0 Å². The lowest BCUT2D eigenvalue weighted by Gasteiger charge is -2.15. The third-order valence-corrected chi connectivity index (χ3v) is 4.20. The molecule has 2 aromatic carbocycles. The Bertz CT molecular complexity index is 770. The second-order valence-corrected chi connectivity index (χ2v) is 5.81. The zero-order chi connectivity index (χ0) is 14.1. The van der Waals surface area contributed by atoms with Gasteiger partial charge in [0.1, 0.15) is 6.10 Å². The van der Waals surface area contributed by atoms with Gasteiger partial charge in [-0.15, -0.1) is 0 Å². The number of pyridine rings is 1. The van der Waals surface area contributed by atoms with Crippen LogP contribution in [0.25, 0.3) is 10.8 Å². The highest BCUT2D eigenvalue weighted by Crippen LogP contribution is 2.33. The second kappa shape index (κ2) is 5.52. The molecule has 100 valence electrons. The maximum Gasteiger partial charge on any atom is 0.107 e. The van der Waals surface area contributed by atoms with E-state index in [1.165, 1.54) is 0 Å². The van der Waals surface area contributed by atoms with Crippen LogP contribution in [-0.2, 0) is 0 Å². The minimum atomic E-state index is -0.776. The molecule has 0 saturated heterocycles. The maximum absolute atomic E-state index is 10.7. The minimum Gasteiger partial charge on any atom is -0.384 e. The van der Waals surface area contributed by atoms with Crippen LogP contribution in [0.5, 0.6) is 0 Å². The molecule has 0 radical (unpaired) electrons. The first-order chi connectivity index (χ1) is 9.66. The van der Waals surface area contributed by atoms with Crippen LogP contribution in [0.3, 0.4) is 0 Å². The summed E-state index contributed by atoms with van der Waals surface area (Å²) in [6.07, 6.45) is 2.71. The van der Waals surface area contributed by atoms with Gasteiger partial charge in [0, 0.05) is 38.4 Å². The summed E-state index contributed by atoms with van der Waals surface area (Å²) in [5.41, 5.74) is 1.50. The normalized spacial score (nSPS) is 12.6. The summed E-state index contributed by atoms with van der Waals surface area (Å²) in [6, 6.07) is 13.2. The van der Waals surface area contributed by atoms with Gasteiger partial charge < -0.3 is 5.11 Å². The van der Waals surface area contributed by atoms with E-state index < -0.39 is 6.10 Å². The second-order valence-electron chi connectivity index (χ2n) is 4.52. The van der Waals surface area contributed by atoms with Gasteiger partial charge in [0.15, 0.2) is 0 Å². The number of aromatic nitrogens is 1. The summed E-state index contributed by atoms with van der Waals surface area (Å²) in [5.74, 6) is 0. The summed E-state index contributed by atoms with van der Waals surface area (Å²) in [4.78, 5) is 4.20. The number of hydrogen-bond donors (Lipinski definition) is 1. The van der Waals surface area contributed by atoms with Gasteiger partial charge in [-0.1, -0.05) is 51.8 Å². The third-order valence-electron chi connectivity index (χ3n) is 3.25. The molecule has 0 aliphatic carbocycles. The van der Waals surface area contributed by atoms with Crippen LogP contribution in [0.15, 0.2) is 59.3 Å². The van der Waals surface area contributed by atoms with Gasteiger partial charge in [-0.25, -0.2) is 0 Å². The fraction of sp³-hybridized carbons (Fsp3) is 0.0625. The summed E-state index contributed by atoms with van der Waals surface area (Å²) in [6.45, 7) is 0. The monoisotopic (exact) mass is 347 g/mol. The largest absolute Gasteiger partial charge is 0.384 e. The van der Waals surface area contributed by atoms with Crippen molar-refractivity contribution in [1.29, 1.82) is 0 Å². The van der Waals surface area contributed by atoms with Crippen LogP contribution in [-0.4, -0.2) is 10.1 Å². The number of aliphatic hydroxyl groups excluding tert-OH is 1. The van der Waals surface area contributed by atoms with Crippen LogP contribution in [0.4, 0.5) is 0 Å². The maximum atomic E-state index is 10.7. The number of benzene rings is 2. The van der Waals surface area contributed by atoms with Crippen molar-refractivity contribution >= 4 is 38.3 Å². The van der Waals surface area contributed by atoms with Crippen molar-refractivity contribution in [3.05, 3.63) is 75.5 Å². The van der Waals surface area contributed by atoms with Crippen molar-refractivity contribution < 1.29 is 5.11 Å². The average molecular weight is 349 g/mol. The Balaban J connectivity index is 2.17. The Kier molecular flexibility index (Phi) is 3.74. The molecule has 2 nitrogen and oxygen atoms in total. The number of nitrogens with zero attached hydrogens (tertiary/aromatic N) is 1. The zero-order valence-corrected chi connectivity index (χ0v) is 12.8. The highest BCUT2D eigenvalue weighted by Gasteiger charge is 2.17. The highest BCUT2D eigenvalue weighted by atomic mass is 79.9. The Morgan fingerprint density at radius 2 is 1.85 bits per heavy atom. The van der Waals surface area contributed by atoms with E-state index in [9.17, 15) is 5.11 Å². The van der Waals surface area contributed by atoms with Gasteiger partial charge in [-0.05, 0) is 23.6 Å². The third kappa shape index (κ3) is 2.44. The van der Waals surface area contributed by atoms with Gasteiger partial charge in [0.2, 0.25) is 0 Å². The number of halogens is 2. The summed E-state index contributed by atoms with van der Waals surface area (Å²) < 4.78 is 0.822. The van der Waals surface area contributed by atoms with E-state index in [2.05, 4.69) is 20.9 Å². The van der Waals surface area contributed by atoms with Crippen molar-refractivity contribution in [2.24, 2.45) is 0 Å². The van der Waals surface area contributed by atoms with Crippen LogP contribution < -0.4 is 0 Å². The molecule has 3 rings (SSSR count). The molecule has 3 aromatic rings. The Morgan fingerprint density at radius 1 is 1.05 bits per heavy atom. The molecule has 4 heteroatoms. The Labute approximate surface area is 130 Å².